The van der Waals surface area contributed by atoms with Crippen molar-refractivity contribution < 1.29 is 9.50 Å². The number of hydrogen-bond donors (Lipinski definition) is 1. The van der Waals surface area contributed by atoms with Crippen LogP contribution in [0.25, 0.3) is 0 Å². The second kappa shape index (κ2) is 4.34. The molecule has 1 aromatic rings. The number of phenolic OH excluding ortho intramolecular Hbond substituents is 1. The van der Waals surface area contributed by atoms with Gasteiger partial charge >= 0.3 is 0 Å². The van der Waals surface area contributed by atoms with Gasteiger partial charge < -0.3 is 5.11 Å². The maximum atomic E-state index is 12.3. The largest absolute Gasteiger partial charge is 0.505 e. The molecule has 4 heteroatoms. The zero-order valence-corrected chi connectivity index (χ0v) is 9.02. The number of aromatic hydroxyl groups is 1. The summed E-state index contributed by atoms with van der Waals surface area (Å²) < 4.78 is 12.9. The van der Waals surface area contributed by atoms with Gasteiger partial charge in [0.25, 0.3) is 0 Å². The third kappa shape index (κ3) is 2.58. The summed E-state index contributed by atoms with van der Waals surface area (Å²) in [5.41, 5.74) is 0. The first-order chi connectivity index (χ1) is 4.20. The number of halogens is 2. The summed E-state index contributed by atoms with van der Waals surface area (Å²) in [5.74, 6) is -0.928. The predicted octanol–water partition coefficient (Wildman–Crippen LogP) is 1.91. The van der Waals surface area contributed by atoms with E-state index >= 15 is 0 Å². The molecule has 1 N–H and O–H groups in total. The van der Waals surface area contributed by atoms with E-state index in [1.165, 1.54) is 12.1 Å². The minimum atomic E-state index is -0.607. The Hall–Kier alpha value is 0.430. The standard InChI is InChI=1S/C6H4BrFO.Na/c7-4-1-2-6(9)5(8)3-4;/h1-3,9H;. The van der Waals surface area contributed by atoms with Gasteiger partial charge in [0, 0.05) is 34.0 Å². The van der Waals surface area contributed by atoms with Gasteiger partial charge in [0.1, 0.15) is 0 Å². The fourth-order valence-electron chi connectivity index (χ4n) is 0.481. The first kappa shape index (κ1) is 10.4. The molecule has 0 heterocycles. The Kier molecular flexibility index (Phi) is 4.52. The molecular formula is C6H4BrFNaO. The molecule has 0 unspecified atom stereocenters. The Bertz CT molecular complexity index is 229. The van der Waals surface area contributed by atoms with Crippen molar-refractivity contribution in [3.05, 3.63) is 28.5 Å². The van der Waals surface area contributed by atoms with Crippen LogP contribution in [0.1, 0.15) is 0 Å². The van der Waals surface area contributed by atoms with Gasteiger partial charge in [0.2, 0.25) is 0 Å². The van der Waals surface area contributed by atoms with Crippen molar-refractivity contribution in [3.63, 3.8) is 0 Å². The normalized spacial score (nSPS) is 8.60. The number of hydrogen-bond acceptors (Lipinski definition) is 1. The third-order valence-electron chi connectivity index (χ3n) is 0.910. The van der Waals surface area contributed by atoms with E-state index < -0.39 is 5.82 Å². The molecule has 0 aromatic heterocycles. The second-order valence-electron chi connectivity index (χ2n) is 1.60. The third-order valence-corrected chi connectivity index (χ3v) is 1.40. The summed E-state index contributed by atoms with van der Waals surface area (Å²) in [6, 6.07) is 4.06. The van der Waals surface area contributed by atoms with Crippen LogP contribution in [-0.4, -0.2) is 34.7 Å². The van der Waals surface area contributed by atoms with Crippen LogP contribution >= 0.6 is 15.9 Å². The molecule has 0 aliphatic carbocycles. The van der Waals surface area contributed by atoms with Crippen LogP contribution in [0.5, 0.6) is 5.75 Å². The van der Waals surface area contributed by atoms with E-state index in [4.69, 9.17) is 5.11 Å². The van der Waals surface area contributed by atoms with Gasteiger partial charge in [-0.25, -0.2) is 4.39 Å². The van der Waals surface area contributed by atoms with Gasteiger partial charge in [-0.2, -0.15) is 0 Å². The zero-order valence-electron chi connectivity index (χ0n) is 5.44. The van der Waals surface area contributed by atoms with Crippen molar-refractivity contribution in [2.75, 3.05) is 0 Å². The number of rotatable bonds is 0. The van der Waals surface area contributed by atoms with Crippen molar-refractivity contribution in [2.45, 2.75) is 0 Å². The van der Waals surface area contributed by atoms with E-state index in [-0.39, 0.29) is 35.3 Å². The Balaban J connectivity index is 0.000000810. The Morgan fingerprint density at radius 2 is 2.00 bits per heavy atom. The summed E-state index contributed by atoms with van der Waals surface area (Å²) in [6.07, 6.45) is 0. The van der Waals surface area contributed by atoms with E-state index in [0.717, 1.165) is 0 Å². The minimum Gasteiger partial charge on any atom is -0.505 e. The molecule has 1 radical (unpaired) electrons. The van der Waals surface area contributed by atoms with Gasteiger partial charge in [0.15, 0.2) is 11.6 Å². The molecule has 0 spiro atoms. The van der Waals surface area contributed by atoms with Crippen LogP contribution in [0, 0.1) is 5.82 Å². The summed E-state index contributed by atoms with van der Waals surface area (Å²) in [5, 5.41) is 8.65. The van der Waals surface area contributed by atoms with Crippen molar-refractivity contribution >= 4 is 45.5 Å². The van der Waals surface area contributed by atoms with Gasteiger partial charge in [-0.1, -0.05) is 15.9 Å². The molecule has 0 fully saturated rings. The molecule has 0 bridgehead atoms. The Labute approximate surface area is 88.7 Å². The summed E-state index contributed by atoms with van der Waals surface area (Å²) in [7, 11) is 0. The molecular weight excluding hydrogens is 210 g/mol. The van der Waals surface area contributed by atoms with Crippen molar-refractivity contribution in [1.29, 1.82) is 0 Å². The van der Waals surface area contributed by atoms with Crippen LogP contribution < -0.4 is 0 Å². The van der Waals surface area contributed by atoms with E-state index in [0.29, 0.717) is 4.47 Å². The maximum Gasteiger partial charge on any atom is 0.165 e. The van der Waals surface area contributed by atoms with E-state index in [9.17, 15) is 4.39 Å². The van der Waals surface area contributed by atoms with Crippen molar-refractivity contribution in [1.82, 2.24) is 0 Å². The quantitative estimate of drug-likeness (QED) is 0.654. The molecule has 0 aliphatic heterocycles. The smallest absolute Gasteiger partial charge is 0.165 e. The van der Waals surface area contributed by atoms with Crippen molar-refractivity contribution in [3.8, 4) is 5.75 Å². The van der Waals surface area contributed by atoms with Gasteiger partial charge in [0.05, 0.1) is 0 Å². The summed E-state index contributed by atoms with van der Waals surface area (Å²) in [4.78, 5) is 0. The molecule has 1 rings (SSSR count). The molecule has 0 saturated carbocycles. The Morgan fingerprint density at radius 1 is 1.40 bits per heavy atom. The summed E-state index contributed by atoms with van der Waals surface area (Å²) in [6.45, 7) is 0. The number of benzene rings is 1. The monoisotopic (exact) mass is 213 g/mol. The molecule has 10 heavy (non-hydrogen) atoms. The first-order valence-corrected chi connectivity index (χ1v) is 3.13. The average molecular weight is 214 g/mol. The molecule has 1 aromatic carbocycles. The summed E-state index contributed by atoms with van der Waals surface area (Å²) >= 11 is 3.05. The first-order valence-electron chi connectivity index (χ1n) is 2.34. The van der Waals surface area contributed by atoms with Gasteiger partial charge in [-0.05, 0) is 18.2 Å². The predicted molar refractivity (Wildman–Crippen MR) is 41.5 cm³/mol. The van der Waals surface area contributed by atoms with Crippen LogP contribution in [0.3, 0.4) is 0 Å². The molecule has 0 atom stereocenters. The number of phenols is 1. The molecule has 0 amide bonds. The molecule has 1 nitrogen and oxygen atoms in total. The molecule has 49 valence electrons. The van der Waals surface area contributed by atoms with E-state index in [2.05, 4.69) is 15.9 Å². The SMILES string of the molecule is Oc1ccc(Br)cc1F.[Na]. The maximum absolute atomic E-state index is 12.3. The molecule has 0 aliphatic rings. The van der Waals surface area contributed by atoms with Gasteiger partial charge in [-0.15, -0.1) is 0 Å². The Morgan fingerprint density at radius 3 is 2.40 bits per heavy atom. The van der Waals surface area contributed by atoms with Crippen LogP contribution in [0.2, 0.25) is 0 Å². The zero-order chi connectivity index (χ0) is 6.85. The van der Waals surface area contributed by atoms with Crippen molar-refractivity contribution in [2.24, 2.45) is 0 Å². The van der Waals surface area contributed by atoms with Crippen LogP contribution in [0.15, 0.2) is 22.7 Å². The van der Waals surface area contributed by atoms with Crippen LogP contribution in [0.4, 0.5) is 4.39 Å². The van der Waals surface area contributed by atoms with Crippen LogP contribution in [-0.2, 0) is 0 Å². The van der Waals surface area contributed by atoms with E-state index in [1.54, 1.807) is 6.07 Å². The van der Waals surface area contributed by atoms with Gasteiger partial charge in [-0.3, -0.25) is 0 Å². The molecule has 0 saturated heterocycles. The fourth-order valence-corrected chi connectivity index (χ4v) is 0.814. The minimum absolute atomic E-state index is 0. The van der Waals surface area contributed by atoms with E-state index in [1.807, 2.05) is 0 Å². The fraction of sp³-hybridized carbons (Fsp3) is 0. The average Bonchev–Trinajstić information content (AvgIpc) is 1.80. The topological polar surface area (TPSA) is 20.2 Å². The second-order valence-corrected chi connectivity index (χ2v) is 2.51.